The van der Waals surface area contributed by atoms with Gasteiger partial charge in [0.2, 0.25) is 0 Å². The lowest BCUT2D eigenvalue weighted by molar-refractivity contribution is 0.0696. The van der Waals surface area contributed by atoms with Crippen molar-refractivity contribution in [1.82, 2.24) is 0 Å². The van der Waals surface area contributed by atoms with E-state index in [4.69, 9.17) is 15.6 Å². The molecule has 3 N–H and O–H groups in total. The second kappa shape index (κ2) is 3.98. The topological polar surface area (TPSA) is 55.5 Å². The van der Waals surface area contributed by atoms with Crippen LogP contribution in [0.1, 0.15) is 17.9 Å². The fourth-order valence-electron chi connectivity index (χ4n) is 1.90. The first-order chi connectivity index (χ1) is 6.77. The molecule has 1 aromatic carbocycles. The van der Waals surface area contributed by atoms with Crippen LogP contribution in [0.5, 0.6) is 5.75 Å². The van der Waals surface area contributed by atoms with Crippen LogP contribution in [-0.4, -0.2) is 24.4 Å². The quantitative estimate of drug-likeness (QED) is 0.705. The van der Waals surface area contributed by atoms with Gasteiger partial charge in [-0.2, -0.15) is 0 Å². The van der Waals surface area contributed by atoms with Crippen LogP contribution in [0.4, 0.5) is 0 Å². The number of phenolic OH excluding ortho intramolecular Hbond substituents is 1. The van der Waals surface area contributed by atoms with E-state index in [2.05, 4.69) is 0 Å². The van der Waals surface area contributed by atoms with Crippen LogP contribution in [-0.2, 0) is 4.74 Å². The summed E-state index contributed by atoms with van der Waals surface area (Å²) in [6, 6.07) is 7.36. The zero-order valence-electron chi connectivity index (χ0n) is 8.02. The third kappa shape index (κ3) is 1.89. The predicted molar refractivity (Wildman–Crippen MR) is 54.3 cm³/mol. The first kappa shape index (κ1) is 9.49. The lowest BCUT2D eigenvalue weighted by atomic mass is 9.88. The first-order valence-electron chi connectivity index (χ1n) is 4.89. The van der Waals surface area contributed by atoms with Gasteiger partial charge in [-0.1, -0.05) is 12.1 Å². The summed E-state index contributed by atoms with van der Waals surface area (Å²) in [5.41, 5.74) is 7.15. The normalized spacial score (nSPS) is 27.5. The van der Waals surface area contributed by atoms with E-state index in [-0.39, 0.29) is 6.04 Å². The molecule has 76 valence electrons. The largest absolute Gasteiger partial charge is 0.508 e. The van der Waals surface area contributed by atoms with Gasteiger partial charge >= 0.3 is 0 Å². The number of benzene rings is 1. The van der Waals surface area contributed by atoms with Crippen molar-refractivity contribution in [3.8, 4) is 5.75 Å². The zero-order valence-corrected chi connectivity index (χ0v) is 8.02. The van der Waals surface area contributed by atoms with E-state index in [9.17, 15) is 0 Å². The summed E-state index contributed by atoms with van der Waals surface area (Å²) >= 11 is 0. The van der Waals surface area contributed by atoms with Gasteiger partial charge in [0, 0.05) is 18.6 Å². The molecular formula is C11H15NO2. The van der Waals surface area contributed by atoms with Crippen LogP contribution in [0.25, 0.3) is 0 Å². The monoisotopic (exact) mass is 193 g/mol. The summed E-state index contributed by atoms with van der Waals surface area (Å²) in [6.07, 6.45) is 0.964. The summed E-state index contributed by atoms with van der Waals surface area (Å²) in [4.78, 5) is 0. The Morgan fingerprint density at radius 3 is 2.64 bits per heavy atom. The van der Waals surface area contributed by atoms with E-state index >= 15 is 0 Å². The fourth-order valence-corrected chi connectivity index (χ4v) is 1.90. The molecule has 3 heteroatoms. The Hall–Kier alpha value is -1.06. The lowest BCUT2D eigenvalue weighted by Crippen LogP contribution is -2.37. The number of nitrogens with two attached hydrogens (primary N) is 1. The Bertz CT molecular complexity index is 297. The van der Waals surface area contributed by atoms with Gasteiger partial charge in [-0.25, -0.2) is 0 Å². The van der Waals surface area contributed by atoms with Crippen molar-refractivity contribution in [3.63, 3.8) is 0 Å². The number of hydrogen-bond acceptors (Lipinski definition) is 3. The molecule has 1 heterocycles. The minimum Gasteiger partial charge on any atom is -0.508 e. The SMILES string of the molecule is NC1COCCC1c1ccc(O)cc1. The molecule has 1 aliphatic heterocycles. The molecule has 0 aromatic heterocycles. The minimum atomic E-state index is 0.0771. The summed E-state index contributed by atoms with van der Waals surface area (Å²) in [7, 11) is 0. The molecule has 1 fully saturated rings. The number of ether oxygens (including phenoxy) is 1. The number of rotatable bonds is 1. The maximum atomic E-state index is 9.16. The van der Waals surface area contributed by atoms with Crippen LogP contribution in [0.15, 0.2) is 24.3 Å². The molecule has 0 radical (unpaired) electrons. The zero-order chi connectivity index (χ0) is 9.97. The van der Waals surface area contributed by atoms with E-state index in [0.717, 1.165) is 13.0 Å². The van der Waals surface area contributed by atoms with Gasteiger partial charge in [-0.05, 0) is 24.1 Å². The third-order valence-electron chi connectivity index (χ3n) is 2.72. The fraction of sp³-hybridized carbons (Fsp3) is 0.455. The predicted octanol–water partition coefficient (Wildman–Crippen LogP) is 1.22. The molecule has 2 unspecified atom stereocenters. The molecule has 0 spiro atoms. The molecule has 3 nitrogen and oxygen atoms in total. The highest BCUT2D eigenvalue weighted by Crippen LogP contribution is 2.27. The summed E-state index contributed by atoms with van der Waals surface area (Å²) in [5.74, 6) is 0.665. The average molecular weight is 193 g/mol. The lowest BCUT2D eigenvalue weighted by Gasteiger charge is -2.28. The van der Waals surface area contributed by atoms with Crippen molar-refractivity contribution < 1.29 is 9.84 Å². The smallest absolute Gasteiger partial charge is 0.115 e. The van der Waals surface area contributed by atoms with Crippen molar-refractivity contribution in [1.29, 1.82) is 0 Å². The Kier molecular flexibility index (Phi) is 2.70. The van der Waals surface area contributed by atoms with Crippen molar-refractivity contribution in [2.24, 2.45) is 5.73 Å². The van der Waals surface area contributed by atoms with Gasteiger partial charge in [0.15, 0.2) is 0 Å². The molecule has 14 heavy (non-hydrogen) atoms. The van der Waals surface area contributed by atoms with Gasteiger partial charge in [0.1, 0.15) is 5.75 Å². The molecular weight excluding hydrogens is 178 g/mol. The second-order valence-electron chi connectivity index (χ2n) is 3.73. The highest BCUT2D eigenvalue weighted by molar-refractivity contribution is 5.29. The summed E-state index contributed by atoms with van der Waals surface area (Å²) < 4.78 is 5.28. The van der Waals surface area contributed by atoms with E-state index < -0.39 is 0 Å². The summed E-state index contributed by atoms with van der Waals surface area (Å²) in [6.45, 7) is 1.41. The molecule has 1 saturated heterocycles. The van der Waals surface area contributed by atoms with Gasteiger partial charge in [0.05, 0.1) is 6.61 Å². The molecule has 1 aliphatic rings. The van der Waals surface area contributed by atoms with Crippen molar-refractivity contribution in [3.05, 3.63) is 29.8 Å². The molecule has 0 aliphatic carbocycles. The second-order valence-corrected chi connectivity index (χ2v) is 3.73. The Morgan fingerprint density at radius 2 is 2.00 bits per heavy atom. The van der Waals surface area contributed by atoms with Crippen LogP contribution < -0.4 is 5.73 Å². The van der Waals surface area contributed by atoms with Gasteiger partial charge in [0.25, 0.3) is 0 Å². The Morgan fingerprint density at radius 1 is 1.29 bits per heavy atom. The van der Waals surface area contributed by atoms with Gasteiger partial charge in [-0.15, -0.1) is 0 Å². The molecule has 0 bridgehead atoms. The minimum absolute atomic E-state index is 0.0771. The molecule has 0 amide bonds. The Balaban J connectivity index is 2.16. The van der Waals surface area contributed by atoms with Crippen LogP contribution in [0.3, 0.4) is 0 Å². The third-order valence-corrected chi connectivity index (χ3v) is 2.72. The number of hydrogen-bond donors (Lipinski definition) is 2. The molecule has 2 atom stereocenters. The number of aromatic hydroxyl groups is 1. The molecule has 0 saturated carbocycles. The van der Waals surface area contributed by atoms with Crippen LogP contribution >= 0.6 is 0 Å². The highest BCUT2D eigenvalue weighted by atomic mass is 16.5. The average Bonchev–Trinajstić information content (AvgIpc) is 2.20. The van der Waals surface area contributed by atoms with Crippen molar-refractivity contribution in [2.45, 2.75) is 18.4 Å². The van der Waals surface area contributed by atoms with Gasteiger partial charge in [-0.3, -0.25) is 0 Å². The van der Waals surface area contributed by atoms with E-state index in [1.807, 2.05) is 12.1 Å². The van der Waals surface area contributed by atoms with Crippen LogP contribution in [0.2, 0.25) is 0 Å². The highest BCUT2D eigenvalue weighted by Gasteiger charge is 2.23. The van der Waals surface area contributed by atoms with E-state index in [1.165, 1.54) is 5.56 Å². The van der Waals surface area contributed by atoms with Gasteiger partial charge < -0.3 is 15.6 Å². The Labute approximate surface area is 83.5 Å². The maximum Gasteiger partial charge on any atom is 0.115 e. The molecule has 1 aromatic rings. The van der Waals surface area contributed by atoms with E-state index in [1.54, 1.807) is 12.1 Å². The molecule has 2 rings (SSSR count). The van der Waals surface area contributed by atoms with Crippen LogP contribution in [0, 0.1) is 0 Å². The summed E-state index contributed by atoms with van der Waals surface area (Å²) in [5, 5.41) is 9.16. The van der Waals surface area contributed by atoms with E-state index in [0.29, 0.717) is 18.3 Å². The maximum absolute atomic E-state index is 9.16. The number of phenols is 1. The standard InChI is InChI=1S/C11H15NO2/c12-11-7-14-6-5-10(11)8-1-3-9(13)4-2-8/h1-4,10-11,13H,5-7,12H2. The van der Waals surface area contributed by atoms with Crippen molar-refractivity contribution in [2.75, 3.05) is 13.2 Å². The first-order valence-corrected chi connectivity index (χ1v) is 4.89. The van der Waals surface area contributed by atoms with Crippen molar-refractivity contribution >= 4 is 0 Å².